The van der Waals surface area contributed by atoms with Gasteiger partial charge in [0, 0.05) is 16.7 Å². The van der Waals surface area contributed by atoms with Gasteiger partial charge in [-0.05, 0) is 124 Å². The summed E-state index contributed by atoms with van der Waals surface area (Å²) in [5, 5.41) is 0. The lowest BCUT2D eigenvalue weighted by Crippen LogP contribution is -2.05. The van der Waals surface area contributed by atoms with Crippen LogP contribution in [-0.2, 0) is 25.7 Å². The van der Waals surface area contributed by atoms with Crippen molar-refractivity contribution in [2.75, 3.05) is 0 Å². The van der Waals surface area contributed by atoms with Crippen LogP contribution in [0.1, 0.15) is 357 Å². The molecule has 0 radical (unpaired) electrons. The molecule has 74 heavy (non-hydrogen) atoms. The van der Waals surface area contributed by atoms with E-state index in [0.29, 0.717) is 0 Å². The molecule has 2 heteroatoms. The smallest absolute Gasteiger partial charge is 0.215 e. The van der Waals surface area contributed by atoms with E-state index in [1.165, 1.54) is 308 Å². The maximum absolute atomic E-state index is 13.0. The molecule has 0 aliphatic carbocycles. The van der Waals surface area contributed by atoms with E-state index in [0.717, 1.165) is 56.3 Å². The zero-order valence-corrected chi connectivity index (χ0v) is 50.5. The highest BCUT2D eigenvalue weighted by atomic mass is 15.2. The van der Waals surface area contributed by atoms with Crippen molar-refractivity contribution in [2.45, 2.75) is 350 Å². The second-order valence-electron chi connectivity index (χ2n) is 23.6. The zero-order valence-electron chi connectivity index (χ0n) is 50.5. The van der Waals surface area contributed by atoms with Crippen molar-refractivity contribution in [2.24, 2.45) is 0 Å². The Hall–Kier alpha value is -2.74. The molecule has 0 atom stereocenters. The molecule has 0 saturated carbocycles. The van der Waals surface area contributed by atoms with Crippen LogP contribution in [-0.4, -0.2) is 4.70 Å². The van der Waals surface area contributed by atoms with Gasteiger partial charge in [0.05, 0.1) is 5.57 Å². The molecule has 1 heterocycles. The van der Waals surface area contributed by atoms with Gasteiger partial charge in [0.1, 0.15) is 0 Å². The Labute approximate surface area is 462 Å². The Balaban J connectivity index is 1.73. The Kier molecular flexibility index (Phi) is 40.1. The predicted octanol–water partition coefficient (Wildman–Crippen LogP) is 24.9. The third-order valence-corrected chi connectivity index (χ3v) is 16.5. The van der Waals surface area contributed by atoms with Gasteiger partial charge in [-0.15, -0.1) is 0 Å². The van der Waals surface area contributed by atoms with Gasteiger partial charge in [-0.1, -0.05) is 297 Å². The number of rotatable bonds is 51. The van der Waals surface area contributed by atoms with Crippen LogP contribution in [0.5, 0.6) is 0 Å². The topological polar surface area (TPSA) is 25.3 Å². The molecule has 0 amide bonds. The van der Waals surface area contributed by atoms with Crippen molar-refractivity contribution in [3.63, 3.8) is 0 Å². The number of hydrogen-bond donors (Lipinski definition) is 0. The molecule has 0 spiro atoms. The third kappa shape index (κ3) is 29.1. The maximum atomic E-state index is 13.0. The number of allylic oxidation sites excluding steroid dienone is 4. The minimum atomic E-state index is 0.996. The Morgan fingerprint density at radius 2 is 0.554 bits per heavy atom. The summed E-state index contributed by atoms with van der Waals surface area (Å²) in [7, 11) is 0. The van der Waals surface area contributed by atoms with Crippen LogP contribution in [0.4, 0.5) is 0 Å². The first-order chi connectivity index (χ1) is 36.5. The average molecular weight is 1020 g/mol. The molecule has 2 aromatic carbocycles. The van der Waals surface area contributed by atoms with E-state index in [1.54, 1.807) is 4.70 Å². The van der Waals surface area contributed by atoms with Gasteiger partial charge < -0.3 is 5.53 Å². The Morgan fingerprint density at radius 3 is 0.878 bits per heavy atom. The van der Waals surface area contributed by atoms with E-state index < -0.39 is 0 Å². The molecule has 0 aromatic heterocycles. The fourth-order valence-electron chi connectivity index (χ4n) is 11.8. The van der Waals surface area contributed by atoms with Crippen LogP contribution in [0, 0.1) is 0 Å². The first-order valence-electron chi connectivity index (χ1n) is 33.4. The van der Waals surface area contributed by atoms with E-state index in [2.05, 4.69) is 90.1 Å². The van der Waals surface area contributed by atoms with Crippen LogP contribution >= 0.6 is 0 Å². The molecule has 0 unspecified atom stereocenters. The molecule has 2 nitrogen and oxygen atoms in total. The second kappa shape index (κ2) is 45.3. The number of benzene rings is 2. The van der Waals surface area contributed by atoms with Gasteiger partial charge in [-0.25, -0.2) is 4.70 Å². The van der Waals surface area contributed by atoms with Crippen molar-refractivity contribution < 1.29 is 4.70 Å². The molecule has 0 bridgehead atoms. The maximum Gasteiger partial charge on any atom is 0.215 e. The summed E-state index contributed by atoms with van der Waals surface area (Å²) < 4.78 is 1.69. The summed E-state index contributed by atoms with van der Waals surface area (Å²) in [6.45, 7) is 13.9. The fourth-order valence-corrected chi connectivity index (χ4v) is 11.8. The van der Waals surface area contributed by atoms with E-state index in [1.807, 2.05) is 0 Å². The highest BCUT2D eigenvalue weighted by molar-refractivity contribution is 5.84. The molecular weight excluding hydrogens is 893 g/mol. The third-order valence-electron chi connectivity index (χ3n) is 16.5. The van der Waals surface area contributed by atoms with Gasteiger partial charge in [-0.2, -0.15) is 0 Å². The molecule has 2 aromatic rings. The van der Waals surface area contributed by atoms with Crippen LogP contribution in [0.2, 0.25) is 0 Å². The van der Waals surface area contributed by atoms with Crippen molar-refractivity contribution in [1.29, 1.82) is 0 Å². The summed E-state index contributed by atoms with van der Waals surface area (Å²) >= 11 is 0. The molecule has 0 saturated heterocycles. The predicted molar refractivity (Wildman–Crippen MR) is 331 cm³/mol. The summed E-state index contributed by atoms with van der Waals surface area (Å²) in [5.74, 6) is 0. The van der Waals surface area contributed by atoms with E-state index in [9.17, 15) is 5.53 Å². The summed E-state index contributed by atoms with van der Waals surface area (Å²) in [6.07, 6.45) is 68.3. The number of nitrogens with zero attached hydrogens (tertiary/aromatic N) is 2. The van der Waals surface area contributed by atoms with E-state index in [-0.39, 0.29) is 0 Å². The highest BCUT2D eigenvalue weighted by Gasteiger charge is 2.35. The standard InChI is InChI=1S/C72H122N2/c1-7-13-19-24-25-26-27-28-29-30-31-32-33-34-35-36-37-38-39-40-41-42-43-44-50-56-70-69(55-45-18-12-6)71(67-59-63(51-46-20-14-8-2)57-64(60-67)52-47-21-15-9-3)74(73)72(70)68-61-65(53-48-22-16-10-4)58-66(62-68)54-49-23-17-11-5/h50,56-62H,7-49,51-55H2,1-6H3. The SMILES string of the molecule is CCCCCCCCCCCCCCCCCCCCCCCCCC=CC1=C(c2cc(CCCCCC)cc(CCCCCC)c2)[N+](=[N-])C(c2cc(CCCCCC)cc(CCCCCC)c2)=C1CCCCC. The molecule has 1 aliphatic heterocycles. The van der Waals surface area contributed by atoms with E-state index >= 15 is 0 Å². The Morgan fingerprint density at radius 1 is 0.297 bits per heavy atom. The number of unbranched alkanes of at least 4 members (excludes halogenated alkanes) is 37. The second-order valence-corrected chi connectivity index (χ2v) is 23.6. The lowest BCUT2D eigenvalue weighted by molar-refractivity contribution is -0.345. The Bertz CT molecular complexity index is 1730. The molecule has 420 valence electrons. The molecule has 0 fully saturated rings. The molecule has 3 rings (SSSR count). The van der Waals surface area contributed by atoms with Crippen molar-refractivity contribution in [1.82, 2.24) is 0 Å². The monoisotopic (exact) mass is 1010 g/mol. The van der Waals surface area contributed by atoms with Gasteiger partial charge in [0.15, 0.2) is 0 Å². The minimum Gasteiger partial charge on any atom is -0.493 e. The zero-order chi connectivity index (χ0) is 52.9. The van der Waals surface area contributed by atoms with Crippen molar-refractivity contribution >= 4 is 11.4 Å². The van der Waals surface area contributed by atoms with Crippen LogP contribution in [0.3, 0.4) is 0 Å². The first kappa shape index (κ1) is 65.5. The fraction of sp³-hybridized carbons (Fsp3) is 0.750. The summed E-state index contributed by atoms with van der Waals surface area (Å²) in [6, 6.07) is 14.9. The molecular formula is C72H122N2. The average Bonchev–Trinajstić information content (AvgIpc) is 3.68. The lowest BCUT2D eigenvalue weighted by Gasteiger charge is -2.15. The highest BCUT2D eigenvalue weighted by Crippen LogP contribution is 2.44. The lowest BCUT2D eigenvalue weighted by atomic mass is 9.91. The van der Waals surface area contributed by atoms with Crippen molar-refractivity contribution in [3.8, 4) is 0 Å². The molecule has 0 N–H and O–H groups in total. The van der Waals surface area contributed by atoms with Gasteiger partial charge in [0.2, 0.25) is 11.4 Å². The van der Waals surface area contributed by atoms with Gasteiger partial charge in [-0.3, -0.25) is 0 Å². The summed E-state index contributed by atoms with van der Waals surface area (Å²) in [4.78, 5) is 0. The van der Waals surface area contributed by atoms with Crippen LogP contribution < -0.4 is 0 Å². The van der Waals surface area contributed by atoms with Crippen LogP contribution in [0.25, 0.3) is 16.9 Å². The quantitative estimate of drug-likeness (QED) is 0.0466. The van der Waals surface area contributed by atoms with Crippen molar-refractivity contribution in [3.05, 3.63) is 98.6 Å². The minimum absolute atomic E-state index is 0.996. The first-order valence-corrected chi connectivity index (χ1v) is 33.4. The number of hydrogen-bond acceptors (Lipinski definition) is 0. The van der Waals surface area contributed by atoms with Gasteiger partial charge >= 0.3 is 0 Å². The normalized spacial score (nSPS) is 13.0. The summed E-state index contributed by atoms with van der Waals surface area (Å²) in [5.41, 5.74) is 25.9. The van der Waals surface area contributed by atoms with Gasteiger partial charge in [0.25, 0.3) is 0 Å². The largest absolute Gasteiger partial charge is 0.493 e. The van der Waals surface area contributed by atoms with E-state index in [4.69, 9.17) is 0 Å². The molecule has 1 aliphatic rings. The van der Waals surface area contributed by atoms with Crippen LogP contribution in [0.15, 0.2) is 59.7 Å². The number of aryl methyl sites for hydroxylation is 4.